The predicted octanol–water partition coefficient (Wildman–Crippen LogP) is 4.71. The molecule has 1 aromatic heterocycles. The van der Waals surface area contributed by atoms with Gasteiger partial charge in [0.25, 0.3) is 0 Å². The average molecular weight is 225 g/mol. The second kappa shape index (κ2) is 3.64. The molecule has 0 saturated carbocycles. The molecule has 0 fully saturated rings. The van der Waals surface area contributed by atoms with Gasteiger partial charge in [-0.3, -0.25) is 0 Å². The first kappa shape index (κ1) is 9.93. The Bertz CT molecular complexity index is 560. The monoisotopic (exact) mass is 225 g/mol. The van der Waals surface area contributed by atoms with Crippen molar-refractivity contribution >= 4 is 19.2 Å². The lowest BCUT2D eigenvalue weighted by molar-refractivity contribution is 1.29. The van der Waals surface area contributed by atoms with E-state index in [0.717, 1.165) is 0 Å². The Kier molecular flexibility index (Phi) is 2.26. The third kappa shape index (κ3) is 1.37. The summed E-state index contributed by atoms with van der Waals surface area (Å²) >= 11 is 0. The molecule has 0 N–H and O–H groups in total. The van der Waals surface area contributed by atoms with E-state index in [2.05, 4.69) is 61.9 Å². The van der Waals surface area contributed by atoms with E-state index in [-0.39, 0.29) is 7.53 Å². The van der Waals surface area contributed by atoms with Gasteiger partial charge in [0, 0.05) is 5.92 Å². The van der Waals surface area contributed by atoms with E-state index in [9.17, 15) is 0 Å². The van der Waals surface area contributed by atoms with Crippen molar-refractivity contribution in [3.63, 3.8) is 0 Å². The van der Waals surface area contributed by atoms with Crippen LogP contribution in [0.2, 0.25) is 0 Å². The molecule has 0 aliphatic heterocycles. The number of aryl methyl sites for hydroxylation is 1. The molecule has 1 heteroatoms. The molecule has 1 aliphatic rings. The van der Waals surface area contributed by atoms with Crippen molar-refractivity contribution in [2.24, 2.45) is 6.66 Å². The normalized spacial score (nSPS) is 16.1. The molecule has 0 amide bonds. The van der Waals surface area contributed by atoms with Crippen LogP contribution in [0.25, 0.3) is 11.6 Å². The molecule has 3 rings (SSSR count). The van der Waals surface area contributed by atoms with Gasteiger partial charge in [0.05, 0.1) is 0 Å². The maximum absolute atomic E-state index is 2.34. The van der Waals surface area contributed by atoms with E-state index < -0.39 is 0 Å². The summed E-state index contributed by atoms with van der Waals surface area (Å²) in [5, 5.41) is 1.52. The summed E-state index contributed by atoms with van der Waals surface area (Å²) in [4.78, 5) is 0. The van der Waals surface area contributed by atoms with Crippen LogP contribution >= 0.6 is 7.53 Å². The Morgan fingerprint density at radius 2 is 1.81 bits per heavy atom. The van der Waals surface area contributed by atoms with Gasteiger partial charge in [-0.15, -0.1) is 7.53 Å². The maximum Gasteiger partial charge on any atom is 0.0325 e. The van der Waals surface area contributed by atoms with Gasteiger partial charge >= 0.3 is 0 Å². The molecular weight excluding hydrogens is 211 g/mol. The minimum absolute atomic E-state index is 0.0772. The molecule has 1 aliphatic carbocycles. The first-order valence-corrected chi connectivity index (χ1v) is 7.40. The fraction of sp³-hybridized carbons (Fsp3) is 0.133. The molecule has 1 atom stereocenters. The van der Waals surface area contributed by atoms with Crippen LogP contribution in [0, 0.1) is 5.92 Å². The summed E-state index contributed by atoms with van der Waals surface area (Å²) in [5.41, 5.74) is 4.21. The van der Waals surface area contributed by atoms with Gasteiger partial charge in [-0.05, 0) is 40.5 Å². The Labute approximate surface area is 97.7 Å². The Morgan fingerprint density at radius 1 is 1.00 bits per heavy atom. The zero-order valence-electron chi connectivity index (χ0n) is 9.57. The minimum atomic E-state index is -0.0772. The first-order chi connectivity index (χ1) is 7.77. The second-order valence-corrected chi connectivity index (χ2v) is 6.28. The van der Waals surface area contributed by atoms with Gasteiger partial charge in [-0.25, -0.2) is 0 Å². The molecule has 1 radical (unpaired) electrons. The van der Waals surface area contributed by atoms with Gasteiger partial charge in [-0.1, -0.05) is 43.3 Å². The number of hydrogen-bond acceptors (Lipinski definition) is 0. The smallest absolute Gasteiger partial charge is 0.0325 e. The average Bonchev–Trinajstić information content (AvgIpc) is 2.84. The molecule has 1 heterocycles. The molecule has 79 valence electrons. The summed E-state index contributed by atoms with van der Waals surface area (Å²) in [5.74, 6) is 3.75. The minimum Gasteiger partial charge on any atom is -0.120 e. The summed E-state index contributed by atoms with van der Waals surface area (Å²) in [7, 11) is -0.0772. The largest absolute Gasteiger partial charge is 0.120 e. The van der Waals surface area contributed by atoms with Crippen molar-refractivity contribution in [1.82, 2.24) is 0 Å². The highest BCUT2D eigenvalue weighted by Crippen LogP contribution is 2.46. The van der Waals surface area contributed by atoms with Crippen LogP contribution in [-0.2, 0) is 6.66 Å². The second-order valence-electron chi connectivity index (χ2n) is 4.27. The molecular formula is C15H14P. The van der Waals surface area contributed by atoms with Crippen molar-refractivity contribution in [2.45, 2.75) is 6.92 Å². The Balaban J connectivity index is 2.12. The number of rotatable bonds is 1. The van der Waals surface area contributed by atoms with E-state index >= 15 is 0 Å². The summed E-state index contributed by atoms with van der Waals surface area (Å²) in [6, 6.07) is 13.1. The van der Waals surface area contributed by atoms with Gasteiger partial charge in [0.15, 0.2) is 0 Å². The van der Waals surface area contributed by atoms with Crippen molar-refractivity contribution < 1.29 is 0 Å². The van der Waals surface area contributed by atoms with Crippen LogP contribution in [0.1, 0.15) is 23.3 Å². The number of hydrogen-bond donors (Lipinski definition) is 0. The lowest BCUT2D eigenvalue weighted by Crippen LogP contribution is -1.92. The molecule has 0 nitrogen and oxygen atoms in total. The molecule has 1 aromatic carbocycles. The van der Waals surface area contributed by atoms with Crippen molar-refractivity contribution in [3.8, 4) is 0 Å². The summed E-state index contributed by atoms with van der Waals surface area (Å²) in [6.07, 6.45) is 2.34. The lowest BCUT2D eigenvalue weighted by atomic mass is 9.97. The lowest BCUT2D eigenvalue weighted by Gasteiger charge is -2.10. The fourth-order valence-corrected chi connectivity index (χ4v) is 3.82. The number of allylic oxidation sites excluding steroid dienone is 1. The Hall–Kier alpha value is -1.26. The van der Waals surface area contributed by atoms with E-state index in [1.807, 2.05) is 0 Å². The highest BCUT2D eigenvalue weighted by atomic mass is 31.1. The highest BCUT2D eigenvalue weighted by Gasteiger charge is 2.23. The van der Waals surface area contributed by atoms with Gasteiger partial charge in [0.1, 0.15) is 0 Å². The molecule has 2 aromatic rings. The van der Waals surface area contributed by atoms with Crippen LogP contribution in [0.5, 0.6) is 0 Å². The topological polar surface area (TPSA) is 0 Å². The van der Waals surface area contributed by atoms with Gasteiger partial charge in [-0.2, -0.15) is 0 Å². The van der Waals surface area contributed by atoms with E-state index in [0.29, 0.717) is 0 Å². The van der Waals surface area contributed by atoms with Gasteiger partial charge < -0.3 is 0 Å². The quantitative estimate of drug-likeness (QED) is 0.659. The molecule has 0 bridgehead atoms. The Morgan fingerprint density at radius 3 is 2.50 bits per heavy atom. The zero-order chi connectivity index (χ0) is 11.1. The van der Waals surface area contributed by atoms with E-state index in [1.165, 1.54) is 27.9 Å². The van der Waals surface area contributed by atoms with Crippen molar-refractivity contribution in [2.75, 3.05) is 0 Å². The van der Waals surface area contributed by atoms with Crippen molar-refractivity contribution in [3.05, 3.63) is 64.5 Å². The highest BCUT2D eigenvalue weighted by molar-refractivity contribution is 7.48. The standard InChI is InChI=1S/C15H14P/c1-11-13-7-4-3-6-12(13)10-14(11)15-8-5-9-16(15)2/h3-10H,1-2H3. The predicted molar refractivity (Wildman–Crippen MR) is 72.5 cm³/mol. The van der Waals surface area contributed by atoms with E-state index in [1.54, 1.807) is 0 Å². The maximum atomic E-state index is 2.34. The van der Waals surface area contributed by atoms with Crippen molar-refractivity contribution in [1.29, 1.82) is 0 Å². The number of fused-ring (bicyclic) bond motifs is 1. The molecule has 0 saturated heterocycles. The molecule has 1 unspecified atom stereocenters. The first-order valence-electron chi connectivity index (χ1n) is 5.54. The van der Waals surface area contributed by atoms with Crippen LogP contribution in [0.15, 0.2) is 42.2 Å². The fourth-order valence-electron chi connectivity index (χ4n) is 2.38. The van der Waals surface area contributed by atoms with Crippen LogP contribution < -0.4 is 0 Å². The summed E-state index contributed by atoms with van der Waals surface area (Å²) < 4.78 is 0. The van der Waals surface area contributed by atoms with Crippen LogP contribution in [-0.4, -0.2) is 0 Å². The molecule has 0 spiro atoms. The van der Waals surface area contributed by atoms with Crippen LogP contribution in [0.4, 0.5) is 0 Å². The van der Waals surface area contributed by atoms with Crippen LogP contribution in [0.3, 0.4) is 0 Å². The summed E-state index contributed by atoms with van der Waals surface area (Å²) in [6.45, 7) is 4.56. The number of benzene rings is 1. The van der Waals surface area contributed by atoms with E-state index in [4.69, 9.17) is 0 Å². The van der Waals surface area contributed by atoms with Gasteiger partial charge in [0.2, 0.25) is 0 Å². The SMILES string of the molecule is C[C]1C(c2cccp2C)=Cc2ccccc21. The molecule has 16 heavy (non-hydrogen) atoms. The zero-order valence-corrected chi connectivity index (χ0v) is 10.5. The third-order valence-corrected chi connectivity index (χ3v) is 5.06. The third-order valence-electron chi connectivity index (χ3n) is 3.29.